The predicted octanol–water partition coefficient (Wildman–Crippen LogP) is 2.82. The van der Waals surface area contributed by atoms with Gasteiger partial charge in [0.1, 0.15) is 5.75 Å². The molecule has 6 heteroatoms. The van der Waals surface area contributed by atoms with Crippen LogP contribution in [0, 0.1) is 0 Å². The molecule has 2 heterocycles. The molecule has 0 unspecified atom stereocenters. The lowest BCUT2D eigenvalue weighted by Crippen LogP contribution is -1.95. The molecule has 0 aliphatic rings. The molecule has 0 N–H and O–H groups in total. The van der Waals surface area contributed by atoms with Gasteiger partial charge in [-0.1, -0.05) is 30.0 Å². The maximum Gasteiger partial charge on any atom is 0.253 e. The lowest BCUT2D eigenvalue weighted by molar-refractivity contribution is 0.337. The number of rotatable bonds is 5. The van der Waals surface area contributed by atoms with Gasteiger partial charge in [0.25, 0.3) is 5.78 Å². The molecule has 0 atom stereocenters. The Hall–Kier alpha value is -2.08. The highest BCUT2D eigenvalue weighted by Gasteiger charge is 2.07. The van der Waals surface area contributed by atoms with Crippen molar-refractivity contribution in [3.05, 3.63) is 48.3 Å². The van der Waals surface area contributed by atoms with Crippen LogP contribution in [-0.4, -0.2) is 26.2 Å². The second-order valence-electron chi connectivity index (χ2n) is 4.09. The van der Waals surface area contributed by atoms with E-state index in [-0.39, 0.29) is 0 Å². The van der Waals surface area contributed by atoms with Crippen molar-refractivity contribution in [2.45, 2.75) is 17.8 Å². The van der Waals surface area contributed by atoms with Gasteiger partial charge in [-0.3, -0.25) is 0 Å². The minimum atomic E-state index is 0.619. The van der Waals surface area contributed by atoms with Crippen molar-refractivity contribution >= 4 is 17.5 Å². The predicted molar refractivity (Wildman–Crippen MR) is 78.0 cm³/mol. The molecular weight excluding hydrogens is 272 g/mol. The molecule has 20 heavy (non-hydrogen) atoms. The molecule has 0 saturated carbocycles. The summed E-state index contributed by atoms with van der Waals surface area (Å²) >= 11 is 1.58. The second-order valence-corrected chi connectivity index (χ2v) is 5.03. The zero-order chi connectivity index (χ0) is 13.8. The van der Waals surface area contributed by atoms with Gasteiger partial charge in [0, 0.05) is 23.7 Å². The topological polar surface area (TPSA) is 52.3 Å². The summed E-state index contributed by atoms with van der Waals surface area (Å²) in [6, 6.07) is 9.87. The normalized spacial score (nSPS) is 10.8. The summed E-state index contributed by atoms with van der Waals surface area (Å²) in [4.78, 5) is 8.52. The largest absolute Gasteiger partial charge is 0.494 e. The van der Waals surface area contributed by atoms with Gasteiger partial charge in [-0.2, -0.15) is 4.98 Å². The van der Waals surface area contributed by atoms with Crippen LogP contribution in [0.15, 0.2) is 47.9 Å². The third kappa shape index (κ3) is 2.75. The van der Waals surface area contributed by atoms with Crippen molar-refractivity contribution in [1.29, 1.82) is 0 Å². The first-order valence-corrected chi connectivity index (χ1v) is 7.36. The Balaban J connectivity index is 1.76. The molecule has 0 aliphatic heterocycles. The zero-order valence-corrected chi connectivity index (χ0v) is 11.9. The van der Waals surface area contributed by atoms with E-state index < -0.39 is 0 Å². The number of hydrogen-bond donors (Lipinski definition) is 0. The molecule has 0 saturated heterocycles. The summed E-state index contributed by atoms with van der Waals surface area (Å²) in [6.07, 6.45) is 3.55. The molecule has 0 amide bonds. The highest BCUT2D eigenvalue weighted by Crippen LogP contribution is 2.26. The zero-order valence-electron chi connectivity index (χ0n) is 11.1. The number of benzene rings is 1. The van der Waals surface area contributed by atoms with E-state index in [2.05, 4.69) is 21.1 Å². The van der Waals surface area contributed by atoms with Crippen molar-refractivity contribution in [3.63, 3.8) is 0 Å². The second kappa shape index (κ2) is 5.92. The van der Waals surface area contributed by atoms with Crippen LogP contribution in [0.5, 0.6) is 5.75 Å². The van der Waals surface area contributed by atoms with E-state index in [1.807, 2.05) is 37.4 Å². The minimum absolute atomic E-state index is 0.619. The molecule has 0 fully saturated rings. The van der Waals surface area contributed by atoms with Gasteiger partial charge >= 0.3 is 0 Å². The van der Waals surface area contributed by atoms with E-state index >= 15 is 0 Å². The van der Waals surface area contributed by atoms with Crippen molar-refractivity contribution < 1.29 is 4.74 Å². The van der Waals surface area contributed by atoms with E-state index in [0.717, 1.165) is 22.2 Å². The van der Waals surface area contributed by atoms with Crippen molar-refractivity contribution in [2.75, 3.05) is 6.61 Å². The van der Waals surface area contributed by atoms with Gasteiger partial charge < -0.3 is 4.74 Å². The molecule has 0 radical (unpaired) electrons. The number of hydrogen-bond acceptors (Lipinski definition) is 5. The summed E-state index contributed by atoms with van der Waals surface area (Å²) in [6.45, 7) is 2.65. The highest BCUT2D eigenvalue weighted by molar-refractivity contribution is 7.98. The smallest absolute Gasteiger partial charge is 0.253 e. The summed E-state index contributed by atoms with van der Waals surface area (Å²) in [5, 5.41) is 5.09. The van der Waals surface area contributed by atoms with Crippen LogP contribution in [-0.2, 0) is 5.75 Å². The van der Waals surface area contributed by atoms with E-state index in [1.165, 1.54) is 0 Å². The van der Waals surface area contributed by atoms with Gasteiger partial charge in [0.15, 0.2) is 0 Å². The SMILES string of the molecule is CCOc1ccccc1CSc1nc2ncccn2n1. The molecule has 102 valence electrons. The lowest BCUT2D eigenvalue weighted by atomic mass is 10.2. The van der Waals surface area contributed by atoms with Crippen LogP contribution in [0.1, 0.15) is 12.5 Å². The number of para-hydroxylation sites is 1. The molecule has 5 nitrogen and oxygen atoms in total. The van der Waals surface area contributed by atoms with Gasteiger partial charge in [-0.25, -0.2) is 9.50 Å². The van der Waals surface area contributed by atoms with Gasteiger partial charge in [-0.15, -0.1) is 5.10 Å². The monoisotopic (exact) mass is 286 g/mol. The van der Waals surface area contributed by atoms with Crippen LogP contribution in [0.25, 0.3) is 5.78 Å². The molecule has 3 rings (SSSR count). The summed E-state index contributed by atoms with van der Waals surface area (Å²) in [5.41, 5.74) is 1.14. The van der Waals surface area contributed by atoms with E-state index in [0.29, 0.717) is 12.4 Å². The van der Waals surface area contributed by atoms with E-state index in [9.17, 15) is 0 Å². The Morgan fingerprint density at radius 1 is 1.25 bits per heavy atom. The Kier molecular flexibility index (Phi) is 3.83. The number of ether oxygens (including phenoxy) is 1. The van der Waals surface area contributed by atoms with Gasteiger partial charge in [0.2, 0.25) is 5.16 Å². The van der Waals surface area contributed by atoms with Gasteiger partial charge in [-0.05, 0) is 19.1 Å². The van der Waals surface area contributed by atoms with Crippen molar-refractivity contribution in [1.82, 2.24) is 19.6 Å². The van der Waals surface area contributed by atoms with Crippen LogP contribution < -0.4 is 4.74 Å². The quantitative estimate of drug-likeness (QED) is 0.675. The number of aromatic nitrogens is 4. The third-order valence-corrected chi connectivity index (χ3v) is 3.61. The minimum Gasteiger partial charge on any atom is -0.494 e. The first kappa shape index (κ1) is 12.9. The number of thioether (sulfide) groups is 1. The van der Waals surface area contributed by atoms with Gasteiger partial charge in [0.05, 0.1) is 6.61 Å². The maximum atomic E-state index is 5.61. The Morgan fingerprint density at radius 2 is 2.15 bits per heavy atom. The fourth-order valence-electron chi connectivity index (χ4n) is 1.84. The first-order chi connectivity index (χ1) is 9.86. The van der Waals surface area contributed by atoms with Crippen LogP contribution in [0.2, 0.25) is 0 Å². The van der Waals surface area contributed by atoms with Crippen LogP contribution in [0.3, 0.4) is 0 Å². The Bertz CT molecular complexity index is 680. The molecule has 2 aromatic heterocycles. The summed E-state index contributed by atoms with van der Waals surface area (Å²) in [5.74, 6) is 2.31. The fourth-order valence-corrected chi connectivity index (χ4v) is 2.65. The van der Waals surface area contributed by atoms with Crippen molar-refractivity contribution in [3.8, 4) is 5.75 Å². The van der Waals surface area contributed by atoms with E-state index in [1.54, 1.807) is 22.5 Å². The standard InChI is InChI=1S/C14H14N4OS/c1-2-19-12-7-4-3-6-11(12)10-20-14-16-13-15-8-5-9-18(13)17-14/h3-9H,2,10H2,1H3. The average Bonchev–Trinajstić information content (AvgIpc) is 2.89. The average molecular weight is 286 g/mol. The molecule has 0 bridgehead atoms. The number of nitrogens with zero attached hydrogens (tertiary/aromatic N) is 4. The van der Waals surface area contributed by atoms with E-state index in [4.69, 9.17) is 4.74 Å². The Morgan fingerprint density at radius 3 is 3.00 bits per heavy atom. The molecule has 3 aromatic rings. The molecular formula is C14H14N4OS. The van der Waals surface area contributed by atoms with Crippen molar-refractivity contribution in [2.24, 2.45) is 0 Å². The Labute approximate surface area is 121 Å². The highest BCUT2D eigenvalue weighted by atomic mass is 32.2. The fraction of sp³-hybridized carbons (Fsp3) is 0.214. The molecule has 0 aliphatic carbocycles. The first-order valence-electron chi connectivity index (χ1n) is 6.37. The van der Waals surface area contributed by atoms with Crippen LogP contribution >= 0.6 is 11.8 Å². The maximum absolute atomic E-state index is 5.61. The summed E-state index contributed by atoms with van der Waals surface area (Å²) < 4.78 is 7.29. The molecule has 1 aromatic carbocycles. The molecule has 0 spiro atoms. The third-order valence-electron chi connectivity index (χ3n) is 2.73. The van der Waals surface area contributed by atoms with Crippen LogP contribution in [0.4, 0.5) is 0 Å². The number of fused-ring (bicyclic) bond motifs is 1. The lowest BCUT2D eigenvalue weighted by Gasteiger charge is -2.08. The summed E-state index contributed by atoms with van der Waals surface area (Å²) in [7, 11) is 0.